The van der Waals surface area contributed by atoms with Gasteiger partial charge in [0.2, 0.25) is 0 Å². The molecule has 0 aromatic carbocycles. The van der Waals surface area contributed by atoms with Crippen LogP contribution in [0.15, 0.2) is 6.07 Å². The van der Waals surface area contributed by atoms with Gasteiger partial charge in [-0.25, -0.2) is 4.98 Å². The lowest BCUT2D eigenvalue weighted by Crippen LogP contribution is -2.16. The third-order valence-corrected chi connectivity index (χ3v) is 2.70. The molecule has 76 valence electrons. The fourth-order valence-corrected chi connectivity index (χ4v) is 1.66. The largest absolute Gasteiger partial charge is 0.346 e. The normalized spacial score (nSPS) is 17.1. The first kappa shape index (κ1) is 9.84. The van der Waals surface area contributed by atoms with Crippen molar-refractivity contribution in [3.8, 4) is 0 Å². The molecule has 1 aliphatic rings. The van der Waals surface area contributed by atoms with Crippen molar-refractivity contribution in [3.05, 3.63) is 22.2 Å². The smallest absolute Gasteiger partial charge is 0.130 e. The topological polar surface area (TPSA) is 28.7 Å². The van der Waals surface area contributed by atoms with E-state index in [0.29, 0.717) is 5.92 Å². The molecule has 0 radical (unpaired) electrons. The monoisotopic (exact) mass is 208 g/mol. The molecule has 0 atom stereocenters. The molecule has 1 aromatic rings. The third-order valence-electron chi connectivity index (χ3n) is 2.49. The van der Waals surface area contributed by atoms with E-state index < -0.39 is 0 Å². The van der Waals surface area contributed by atoms with Crippen LogP contribution in [0.1, 0.15) is 51.0 Å². The van der Waals surface area contributed by atoms with Gasteiger partial charge in [0.1, 0.15) is 10.5 Å². The van der Waals surface area contributed by atoms with Gasteiger partial charge in [0, 0.05) is 11.1 Å². The van der Waals surface area contributed by atoms with E-state index in [1.807, 2.05) is 6.07 Å². The number of aromatic nitrogens is 2. The van der Waals surface area contributed by atoms with Crippen LogP contribution in [0.4, 0.5) is 0 Å². The summed E-state index contributed by atoms with van der Waals surface area (Å²) in [6.07, 6.45) is 2.58. The number of hydrogen-bond donors (Lipinski definition) is 1. The Kier molecular flexibility index (Phi) is 2.22. The van der Waals surface area contributed by atoms with Gasteiger partial charge in [0.05, 0.1) is 0 Å². The van der Waals surface area contributed by atoms with Gasteiger partial charge in [-0.2, -0.15) is 0 Å². The summed E-state index contributed by atoms with van der Waals surface area (Å²) in [6.45, 7) is 6.45. The Morgan fingerprint density at radius 2 is 2.07 bits per heavy atom. The van der Waals surface area contributed by atoms with Crippen molar-refractivity contribution < 1.29 is 0 Å². The van der Waals surface area contributed by atoms with E-state index in [2.05, 4.69) is 30.7 Å². The third kappa shape index (κ3) is 2.03. The highest BCUT2D eigenvalue weighted by Crippen LogP contribution is 2.39. The lowest BCUT2D eigenvalue weighted by molar-refractivity contribution is 0.540. The molecule has 2 nitrogen and oxygen atoms in total. The summed E-state index contributed by atoms with van der Waals surface area (Å²) in [6, 6.07) is 2.00. The zero-order valence-electron chi connectivity index (χ0n) is 8.92. The molecule has 0 unspecified atom stereocenters. The van der Waals surface area contributed by atoms with Crippen LogP contribution in [-0.4, -0.2) is 9.97 Å². The van der Waals surface area contributed by atoms with Crippen molar-refractivity contribution in [3.63, 3.8) is 0 Å². The van der Waals surface area contributed by atoms with Crippen LogP contribution < -0.4 is 0 Å². The lowest BCUT2D eigenvalue weighted by atomic mass is 9.95. The Morgan fingerprint density at radius 1 is 1.43 bits per heavy atom. The fourth-order valence-electron chi connectivity index (χ4n) is 1.45. The molecule has 1 fully saturated rings. The highest BCUT2D eigenvalue weighted by molar-refractivity contribution is 7.71. The molecule has 3 heteroatoms. The first-order valence-corrected chi connectivity index (χ1v) is 5.49. The van der Waals surface area contributed by atoms with E-state index >= 15 is 0 Å². The number of aromatic amines is 1. The van der Waals surface area contributed by atoms with Gasteiger partial charge < -0.3 is 4.98 Å². The van der Waals surface area contributed by atoms with E-state index in [1.165, 1.54) is 18.5 Å². The molecular weight excluding hydrogens is 192 g/mol. The number of nitrogens with one attached hydrogen (secondary N) is 1. The van der Waals surface area contributed by atoms with Gasteiger partial charge in [-0.15, -0.1) is 0 Å². The van der Waals surface area contributed by atoms with Crippen LogP contribution in [0.5, 0.6) is 0 Å². The summed E-state index contributed by atoms with van der Waals surface area (Å²) < 4.78 is 0.718. The Bertz CT molecular complexity index is 396. The van der Waals surface area contributed by atoms with Crippen LogP contribution in [-0.2, 0) is 5.41 Å². The molecule has 0 spiro atoms. The number of hydrogen-bond acceptors (Lipinski definition) is 2. The summed E-state index contributed by atoms with van der Waals surface area (Å²) in [5, 5.41) is 0. The van der Waals surface area contributed by atoms with E-state index in [9.17, 15) is 0 Å². The Labute approximate surface area is 89.8 Å². The summed E-state index contributed by atoms with van der Waals surface area (Å²) in [5.74, 6) is 1.72. The van der Waals surface area contributed by atoms with Crippen molar-refractivity contribution in [2.24, 2.45) is 0 Å². The highest BCUT2D eigenvalue weighted by atomic mass is 32.1. The minimum Gasteiger partial charge on any atom is -0.346 e. The quantitative estimate of drug-likeness (QED) is 0.717. The molecule has 2 rings (SSSR count). The molecular formula is C11H16N2S. The SMILES string of the molecule is CC(C)(C)c1nc(=S)cc(C2CC2)[nH]1. The molecule has 0 saturated heterocycles. The van der Waals surface area contributed by atoms with Gasteiger partial charge in [-0.05, 0) is 24.8 Å². The van der Waals surface area contributed by atoms with E-state index in [-0.39, 0.29) is 5.41 Å². The summed E-state index contributed by atoms with van der Waals surface area (Å²) in [4.78, 5) is 7.78. The van der Waals surface area contributed by atoms with Crippen molar-refractivity contribution in [1.82, 2.24) is 9.97 Å². The molecule has 0 aliphatic heterocycles. The van der Waals surface area contributed by atoms with Gasteiger partial charge >= 0.3 is 0 Å². The second kappa shape index (κ2) is 3.16. The van der Waals surface area contributed by atoms with Crippen molar-refractivity contribution in [2.45, 2.75) is 44.9 Å². The maximum Gasteiger partial charge on any atom is 0.130 e. The fraction of sp³-hybridized carbons (Fsp3) is 0.636. The van der Waals surface area contributed by atoms with E-state index in [4.69, 9.17) is 12.2 Å². The van der Waals surface area contributed by atoms with Gasteiger partial charge in [0.25, 0.3) is 0 Å². The summed E-state index contributed by atoms with van der Waals surface area (Å²) >= 11 is 5.17. The maximum atomic E-state index is 5.17. The van der Waals surface area contributed by atoms with Crippen molar-refractivity contribution >= 4 is 12.2 Å². The maximum absolute atomic E-state index is 5.17. The van der Waals surface area contributed by atoms with Crippen LogP contribution >= 0.6 is 12.2 Å². The van der Waals surface area contributed by atoms with Crippen molar-refractivity contribution in [1.29, 1.82) is 0 Å². The van der Waals surface area contributed by atoms with Gasteiger partial charge in [-0.3, -0.25) is 0 Å². The number of rotatable bonds is 1. The minimum atomic E-state index is 0.0540. The van der Waals surface area contributed by atoms with E-state index in [0.717, 1.165) is 10.5 Å². The standard InChI is InChI=1S/C11H16N2S/c1-11(2,3)10-12-8(7-4-5-7)6-9(14)13-10/h6-7H,4-5H2,1-3H3,(H,12,13,14). The Balaban J connectivity index is 2.46. The van der Waals surface area contributed by atoms with Gasteiger partial charge in [-0.1, -0.05) is 33.0 Å². The molecule has 1 N–H and O–H groups in total. The highest BCUT2D eigenvalue weighted by Gasteiger charge is 2.26. The summed E-state index contributed by atoms with van der Waals surface area (Å²) in [7, 11) is 0. The molecule has 14 heavy (non-hydrogen) atoms. The summed E-state index contributed by atoms with van der Waals surface area (Å²) in [5.41, 5.74) is 1.33. The Hall–Kier alpha value is -0.700. The van der Waals surface area contributed by atoms with Crippen LogP contribution in [0.2, 0.25) is 0 Å². The molecule has 0 amide bonds. The van der Waals surface area contributed by atoms with Crippen LogP contribution in [0.25, 0.3) is 0 Å². The first-order chi connectivity index (χ1) is 6.47. The van der Waals surface area contributed by atoms with E-state index in [1.54, 1.807) is 0 Å². The average molecular weight is 208 g/mol. The predicted octanol–water partition coefficient (Wildman–Crippen LogP) is 3.31. The average Bonchev–Trinajstić information content (AvgIpc) is 2.83. The molecule has 0 bridgehead atoms. The van der Waals surface area contributed by atoms with Crippen LogP contribution in [0, 0.1) is 4.64 Å². The number of nitrogens with zero attached hydrogens (tertiary/aromatic N) is 1. The van der Waals surface area contributed by atoms with Crippen molar-refractivity contribution in [2.75, 3.05) is 0 Å². The second-order valence-electron chi connectivity index (χ2n) is 5.05. The molecule has 1 aliphatic carbocycles. The predicted molar refractivity (Wildman–Crippen MR) is 60.1 cm³/mol. The Morgan fingerprint density at radius 3 is 2.57 bits per heavy atom. The zero-order chi connectivity index (χ0) is 10.3. The molecule has 1 heterocycles. The van der Waals surface area contributed by atoms with Gasteiger partial charge in [0.15, 0.2) is 0 Å². The first-order valence-electron chi connectivity index (χ1n) is 5.08. The minimum absolute atomic E-state index is 0.0540. The second-order valence-corrected chi connectivity index (χ2v) is 5.47. The zero-order valence-corrected chi connectivity index (χ0v) is 9.74. The molecule has 1 aromatic heterocycles. The lowest BCUT2D eigenvalue weighted by Gasteiger charge is -2.18. The number of H-pyrrole nitrogens is 1. The van der Waals surface area contributed by atoms with Crippen LogP contribution in [0.3, 0.4) is 0 Å². The molecule has 1 saturated carbocycles.